The quantitative estimate of drug-likeness (QED) is 0.218. The molecule has 9 nitrogen and oxygen atoms in total. The van der Waals surface area contributed by atoms with Crippen molar-refractivity contribution in [3.05, 3.63) is 16.1 Å². The van der Waals surface area contributed by atoms with Crippen molar-refractivity contribution in [2.24, 2.45) is 28.7 Å². The number of carboxylic acid groups (broad SMARTS) is 2. The van der Waals surface area contributed by atoms with E-state index in [2.05, 4.69) is 21.6 Å². The van der Waals surface area contributed by atoms with Gasteiger partial charge in [-0.3, -0.25) is 19.2 Å². The monoisotopic (exact) mass is 545 g/mol. The number of hydrogen-bond donors (Lipinski definition) is 2. The van der Waals surface area contributed by atoms with Crippen molar-refractivity contribution in [2.45, 2.75) is 102 Å². The maximum Gasteiger partial charge on any atom is 0.317 e. The summed E-state index contributed by atoms with van der Waals surface area (Å²) in [7, 11) is 0. The van der Waals surface area contributed by atoms with Crippen LogP contribution in [0.4, 0.5) is 0 Å². The fourth-order valence-electron chi connectivity index (χ4n) is 6.79. The van der Waals surface area contributed by atoms with E-state index in [-0.39, 0.29) is 12.3 Å². The predicted octanol–water partition coefficient (Wildman–Crippen LogP) is 4.84. The summed E-state index contributed by atoms with van der Waals surface area (Å²) in [5.74, 6) is -2.20. The molecule has 2 aliphatic carbocycles. The fourth-order valence-corrected chi connectivity index (χ4v) is 7.58. The number of thiazole rings is 1. The van der Waals surface area contributed by atoms with Gasteiger partial charge in [0.1, 0.15) is 5.69 Å². The summed E-state index contributed by atoms with van der Waals surface area (Å²) >= 11 is 1.50. The van der Waals surface area contributed by atoms with E-state index in [9.17, 15) is 19.2 Å². The molecule has 2 amide bonds. The molecule has 4 rings (SSSR count). The van der Waals surface area contributed by atoms with Gasteiger partial charge >= 0.3 is 11.9 Å². The number of nitrogens with zero attached hydrogens (tertiary/aromatic N) is 3. The van der Waals surface area contributed by atoms with E-state index in [1.807, 2.05) is 0 Å². The molecule has 1 aromatic heterocycles. The van der Waals surface area contributed by atoms with Gasteiger partial charge in [-0.2, -0.15) is 0 Å². The smallest absolute Gasteiger partial charge is 0.317 e. The molecule has 0 spiro atoms. The zero-order valence-electron chi connectivity index (χ0n) is 21.9. The molecule has 1 unspecified atom stereocenters. The van der Waals surface area contributed by atoms with Crippen LogP contribution >= 0.6 is 11.3 Å². The van der Waals surface area contributed by atoms with Crippen molar-refractivity contribution in [1.29, 1.82) is 0 Å². The predicted molar refractivity (Wildman–Crippen MR) is 143 cm³/mol. The SMILES string of the molecule is C=NC(=O)c1csc(CCC2CCC(N3C(=O)CC3C3CCC(CCCC(C(=O)O)C(=O)O)CC3)CC2)n1. The summed E-state index contributed by atoms with van der Waals surface area (Å²) in [4.78, 5) is 56.4. The maximum absolute atomic E-state index is 12.6. The van der Waals surface area contributed by atoms with Gasteiger partial charge < -0.3 is 15.1 Å². The molecule has 2 N–H and O–H groups in total. The molecule has 3 fully saturated rings. The topological polar surface area (TPSA) is 137 Å². The van der Waals surface area contributed by atoms with Crippen LogP contribution in [-0.4, -0.2) is 62.7 Å². The van der Waals surface area contributed by atoms with Crippen LogP contribution < -0.4 is 0 Å². The Kier molecular flexibility index (Phi) is 9.68. The molecule has 0 radical (unpaired) electrons. The molecule has 1 aliphatic heterocycles. The minimum Gasteiger partial charge on any atom is -0.481 e. The third kappa shape index (κ3) is 6.87. The molecule has 208 valence electrons. The highest BCUT2D eigenvalue weighted by Gasteiger charge is 2.46. The number of aliphatic imine (C=N–C) groups is 1. The summed E-state index contributed by atoms with van der Waals surface area (Å²) in [6, 6.07) is 0.708. The Balaban J connectivity index is 1.17. The lowest BCUT2D eigenvalue weighted by Gasteiger charge is -2.52. The summed E-state index contributed by atoms with van der Waals surface area (Å²) in [5.41, 5.74) is 0.380. The number of carboxylic acids is 2. The van der Waals surface area contributed by atoms with Crippen LogP contribution in [0.5, 0.6) is 0 Å². The van der Waals surface area contributed by atoms with Gasteiger partial charge in [0.2, 0.25) is 5.91 Å². The first kappa shape index (κ1) is 28.4. The van der Waals surface area contributed by atoms with Gasteiger partial charge in [0, 0.05) is 23.9 Å². The van der Waals surface area contributed by atoms with Crippen LogP contribution in [0.3, 0.4) is 0 Å². The van der Waals surface area contributed by atoms with E-state index >= 15 is 0 Å². The van der Waals surface area contributed by atoms with Crippen molar-refractivity contribution in [3.8, 4) is 0 Å². The molecule has 10 heteroatoms. The van der Waals surface area contributed by atoms with Crippen molar-refractivity contribution in [1.82, 2.24) is 9.88 Å². The third-order valence-electron chi connectivity index (χ3n) is 9.06. The molecule has 1 saturated heterocycles. The molecular weight excluding hydrogens is 506 g/mol. The largest absolute Gasteiger partial charge is 0.481 e. The number of aryl methyl sites for hydroxylation is 1. The van der Waals surface area contributed by atoms with Gasteiger partial charge in [-0.1, -0.05) is 25.7 Å². The number of aliphatic carboxylic acids is 2. The van der Waals surface area contributed by atoms with E-state index in [1.54, 1.807) is 5.38 Å². The second kappa shape index (κ2) is 13.0. The fraction of sp³-hybridized carbons (Fsp3) is 0.714. The minimum absolute atomic E-state index is 0.190. The first-order chi connectivity index (χ1) is 18.3. The number of hydrogen-bond acceptors (Lipinski definition) is 6. The lowest BCUT2D eigenvalue weighted by atomic mass is 9.72. The minimum atomic E-state index is -1.30. The number of likely N-dealkylation sites (tertiary alicyclic amines) is 1. The van der Waals surface area contributed by atoms with E-state index in [1.165, 1.54) is 11.3 Å². The second-order valence-electron chi connectivity index (χ2n) is 11.3. The van der Waals surface area contributed by atoms with Crippen LogP contribution in [0.2, 0.25) is 0 Å². The van der Waals surface area contributed by atoms with Crippen LogP contribution in [0.25, 0.3) is 0 Å². The Morgan fingerprint density at radius 2 is 1.66 bits per heavy atom. The standard InChI is InChI=1S/C28H39N3O6S/c1-29-26(33)22-16-38-24(30-22)14-9-18-7-12-20(13-8-18)31-23(15-25(31)32)19-10-5-17(6-11-19)3-2-4-21(27(34)35)28(36)37/h16-21,23H,1-15H2,(H,34,35)(H,36,37). The lowest BCUT2D eigenvalue weighted by molar-refractivity contribution is -0.157. The maximum atomic E-state index is 12.6. The Morgan fingerprint density at radius 3 is 2.26 bits per heavy atom. The lowest BCUT2D eigenvalue weighted by Crippen LogP contribution is -2.61. The number of aromatic nitrogens is 1. The Morgan fingerprint density at radius 1 is 1.03 bits per heavy atom. The van der Waals surface area contributed by atoms with E-state index in [4.69, 9.17) is 10.2 Å². The van der Waals surface area contributed by atoms with Crippen molar-refractivity contribution >= 4 is 41.8 Å². The zero-order valence-corrected chi connectivity index (χ0v) is 22.7. The Bertz CT molecular complexity index is 1010. The Labute approximate surface area is 227 Å². The van der Waals surface area contributed by atoms with Gasteiger partial charge in [-0.25, -0.2) is 9.98 Å². The second-order valence-corrected chi connectivity index (χ2v) is 12.3. The Hall–Kier alpha value is -2.62. The van der Waals surface area contributed by atoms with Gasteiger partial charge in [0.25, 0.3) is 5.91 Å². The third-order valence-corrected chi connectivity index (χ3v) is 9.97. The number of carbonyl (C=O) groups is 4. The summed E-state index contributed by atoms with van der Waals surface area (Å²) < 4.78 is 0. The highest BCUT2D eigenvalue weighted by molar-refractivity contribution is 7.09. The van der Waals surface area contributed by atoms with Gasteiger partial charge in [0.15, 0.2) is 5.92 Å². The normalized spacial score (nSPS) is 27.7. The highest BCUT2D eigenvalue weighted by Crippen LogP contribution is 2.43. The molecule has 0 bridgehead atoms. The summed E-state index contributed by atoms with van der Waals surface area (Å²) in [6.07, 6.45) is 13.0. The van der Waals surface area contributed by atoms with Crippen molar-refractivity contribution in [2.75, 3.05) is 0 Å². The number of carbonyl (C=O) groups excluding carboxylic acids is 2. The molecule has 38 heavy (non-hydrogen) atoms. The van der Waals surface area contributed by atoms with E-state index in [0.29, 0.717) is 54.3 Å². The molecule has 3 aliphatic rings. The van der Waals surface area contributed by atoms with Gasteiger partial charge in [0.05, 0.1) is 5.01 Å². The molecule has 1 atom stereocenters. The summed E-state index contributed by atoms with van der Waals surface area (Å²) in [6.45, 7) is 3.27. The average molecular weight is 546 g/mol. The number of rotatable bonds is 12. The van der Waals surface area contributed by atoms with E-state index < -0.39 is 17.9 Å². The van der Waals surface area contributed by atoms with Crippen LogP contribution in [0.1, 0.15) is 99.0 Å². The first-order valence-electron chi connectivity index (χ1n) is 14.0. The molecule has 2 saturated carbocycles. The highest BCUT2D eigenvalue weighted by atomic mass is 32.1. The first-order valence-corrected chi connectivity index (χ1v) is 14.9. The van der Waals surface area contributed by atoms with Crippen molar-refractivity contribution < 1.29 is 29.4 Å². The van der Waals surface area contributed by atoms with Gasteiger partial charge in [-0.05, 0) is 82.3 Å². The molecule has 1 aromatic rings. The van der Waals surface area contributed by atoms with Gasteiger partial charge in [-0.15, -0.1) is 11.3 Å². The van der Waals surface area contributed by atoms with Crippen molar-refractivity contribution in [3.63, 3.8) is 0 Å². The van der Waals surface area contributed by atoms with Crippen LogP contribution in [-0.2, 0) is 20.8 Å². The zero-order chi connectivity index (χ0) is 27.2. The molecule has 0 aromatic carbocycles. The number of amides is 2. The summed E-state index contributed by atoms with van der Waals surface area (Å²) in [5, 5.41) is 20.8. The molecular formula is C28H39N3O6S. The van der Waals surface area contributed by atoms with Crippen LogP contribution in [0, 0.1) is 23.7 Å². The molecule has 2 heterocycles. The number of β-lactam (4-membered cyclic amide) rings is 1. The van der Waals surface area contributed by atoms with Crippen LogP contribution in [0.15, 0.2) is 10.4 Å². The average Bonchev–Trinajstić information content (AvgIpc) is 3.38. The van der Waals surface area contributed by atoms with E-state index in [0.717, 1.165) is 75.6 Å².